The zero-order valence-electron chi connectivity index (χ0n) is 20.4. The molecule has 4 N–H and O–H groups in total. The highest BCUT2D eigenvalue weighted by molar-refractivity contribution is 6.34. The fourth-order valence-corrected chi connectivity index (χ4v) is 4.15. The van der Waals surface area contributed by atoms with Crippen LogP contribution in [0.4, 0.5) is 0 Å². The first kappa shape index (κ1) is 26.4. The maximum atomic E-state index is 12.9. The van der Waals surface area contributed by atoms with Crippen LogP contribution in [0.15, 0.2) is 79.0 Å². The maximum Gasteiger partial charge on any atom is 0.330 e. The van der Waals surface area contributed by atoms with Crippen molar-refractivity contribution in [3.63, 3.8) is 0 Å². The summed E-state index contributed by atoms with van der Waals surface area (Å²) in [5.74, 6) is -2.17. The molecule has 1 aromatic heterocycles. The number of carbonyl (C=O) groups is 4. The van der Waals surface area contributed by atoms with Crippen molar-refractivity contribution in [2.45, 2.75) is 12.6 Å². The molecule has 0 saturated heterocycles. The van der Waals surface area contributed by atoms with Gasteiger partial charge in [-0.05, 0) is 48.0 Å². The second-order valence-corrected chi connectivity index (χ2v) is 8.77. The van der Waals surface area contributed by atoms with E-state index in [0.717, 1.165) is 16.5 Å². The number of carbonyl (C=O) groups excluding carboxylic acids is 4. The van der Waals surface area contributed by atoms with Gasteiger partial charge >= 0.3 is 5.97 Å². The highest BCUT2D eigenvalue weighted by atomic mass is 35.5. The number of methoxy groups -OCH3 is 1. The van der Waals surface area contributed by atoms with Crippen molar-refractivity contribution in [1.29, 1.82) is 0 Å². The van der Waals surface area contributed by atoms with E-state index in [-0.39, 0.29) is 28.6 Å². The molecule has 0 saturated carbocycles. The number of aromatic amines is 1. The van der Waals surface area contributed by atoms with Crippen molar-refractivity contribution < 1.29 is 23.9 Å². The number of benzene rings is 3. The van der Waals surface area contributed by atoms with Crippen molar-refractivity contribution in [2.24, 2.45) is 0 Å². The zero-order valence-corrected chi connectivity index (χ0v) is 21.2. The van der Waals surface area contributed by atoms with E-state index in [4.69, 9.17) is 16.3 Å². The minimum Gasteiger partial charge on any atom is -0.467 e. The number of nitrogens with one attached hydrogen (secondary N) is 4. The summed E-state index contributed by atoms with van der Waals surface area (Å²) in [6.45, 7) is 0.113. The highest BCUT2D eigenvalue weighted by Crippen LogP contribution is 2.20. The Kier molecular flexibility index (Phi) is 8.40. The molecule has 3 amide bonds. The van der Waals surface area contributed by atoms with Crippen molar-refractivity contribution in [2.75, 3.05) is 13.7 Å². The van der Waals surface area contributed by atoms with E-state index < -0.39 is 23.8 Å². The lowest BCUT2D eigenvalue weighted by Gasteiger charge is -2.18. The molecule has 1 heterocycles. The lowest BCUT2D eigenvalue weighted by atomic mass is 10.1. The molecule has 194 valence electrons. The number of aromatic nitrogens is 1. The smallest absolute Gasteiger partial charge is 0.330 e. The lowest BCUT2D eigenvalue weighted by Crippen LogP contribution is -2.49. The third-order valence-electron chi connectivity index (χ3n) is 5.89. The van der Waals surface area contributed by atoms with Gasteiger partial charge in [0, 0.05) is 41.3 Å². The molecular formula is C28H25ClN4O5. The lowest BCUT2D eigenvalue weighted by molar-refractivity contribution is -0.142. The Hall–Kier alpha value is -4.63. The maximum absolute atomic E-state index is 12.9. The molecule has 0 radical (unpaired) electrons. The number of esters is 1. The van der Waals surface area contributed by atoms with Gasteiger partial charge in [-0.2, -0.15) is 0 Å². The van der Waals surface area contributed by atoms with E-state index in [2.05, 4.69) is 20.9 Å². The van der Waals surface area contributed by atoms with Crippen LogP contribution in [0.2, 0.25) is 5.02 Å². The second-order valence-electron chi connectivity index (χ2n) is 8.36. The monoisotopic (exact) mass is 532 g/mol. The molecule has 3 aromatic carbocycles. The first-order chi connectivity index (χ1) is 18.4. The molecule has 0 aliphatic rings. The van der Waals surface area contributed by atoms with Crippen LogP contribution >= 0.6 is 11.6 Å². The van der Waals surface area contributed by atoms with Crippen molar-refractivity contribution >= 4 is 46.2 Å². The van der Waals surface area contributed by atoms with Gasteiger partial charge in [0.05, 0.1) is 17.7 Å². The van der Waals surface area contributed by atoms with Crippen LogP contribution in [0.5, 0.6) is 0 Å². The third-order valence-corrected chi connectivity index (χ3v) is 6.21. The fraction of sp³-hybridized carbons (Fsp3) is 0.143. The SMILES string of the molecule is COC(=O)[C@H](CNC(=O)c1ccccc1)NC(=O)c1ccc(C(=O)NCc2cccc3[nH]ccc23)cc1Cl. The molecule has 0 fully saturated rings. The van der Waals surface area contributed by atoms with E-state index in [0.29, 0.717) is 12.1 Å². The molecule has 38 heavy (non-hydrogen) atoms. The highest BCUT2D eigenvalue weighted by Gasteiger charge is 2.24. The molecule has 4 rings (SSSR count). The number of fused-ring (bicyclic) bond motifs is 1. The largest absolute Gasteiger partial charge is 0.467 e. The summed E-state index contributed by atoms with van der Waals surface area (Å²) in [6, 6.07) is 19.3. The average Bonchev–Trinajstić information content (AvgIpc) is 3.43. The predicted molar refractivity (Wildman–Crippen MR) is 143 cm³/mol. The molecule has 10 heteroatoms. The molecular weight excluding hydrogens is 508 g/mol. The van der Waals surface area contributed by atoms with Crippen LogP contribution in [0.1, 0.15) is 36.6 Å². The summed E-state index contributed by atoms with van der Waals surface area (Å²) in [6.07, 6.45) is 1.83. The second kappa shape index (κ2) is 12.1. The number of rotatable bonds is 9. The van der Waals surface area contributed by atoms with Crippen molar-refractivity contribution in [3.8, 4) is 0 Å². The van der Waals surface area contributed by atoms with Gasteiger partial charge in [-0.3, -0.25) is 14.4 Å². The van der Waals surface area contributed by atoms with Crippen molar-refractivity contribution in [3.05, 3.63) is 106 Å². The normalized spacial score (nSPS) is 11.4. The minimum absolute atomic E-state index is 0.0276. The van der Waals surface area contributed by atoms with Gasteiger partial charge in [0.2, 0.25) is 0 Å². The Morgan fingerprint density at radius 1 is 0.868 bits per heavy atom. The summed E-state index contributed by atoms with van der Waals surface area (Å²) < 4.78 is 4.76. The zero-order chi connectivity index (χ0) is 27.1. The van der Waals surface area contributed by atoms with Gasteiger partial charge < -0.3 is 25.7 Å². The van der Waals surface area contributed by atoms with Crippen LogP contribution in [0.25, 0.3) is 10.9 Å². The molecule has 0 aliphatic carbocycles. The number of hydrogen-bond acceptors (Lipinski definition) is 5. The Morgan fingerprint density at radius 2 is 1.63 bits per heavy atom. The number of ether oxygens (including phenoxy) is 1. The molecule has 9 nitrogen and oxygen atoms in total. The van der Waals surface area contributed by atoms with Crippen LogP contribution < -0.4 is 16.0 Å². The molecule has 1 atom stereocenters. The summed E-state index contributed by atoms with van der Waals surface area (Å²) in [4.78, 5) is 53.3. The topological polar surface area (TPSA) is 129 Å². The van der Waals surface area contributed by atoms with E-state index in [1.807, 2.05) is 30.5 Å². The fourth-order valence-electron chi connectivity index (χ4n) is 3.88. The third kappa shape index (κ3) is 6.19. The average molecular weight is 533 g/mol. The van der Waals surface area contributed by atoms with Crippen molar-refractivity contribution in [1.82, 2.24) is 20.9 Å². The summed E-state index contributed by atoms with van der Waals surface area (Å²) in [5.41, 5.74) is 2.66. The Balaban J connectivity index is 1.39. The number of hydrogen-bond donors (Lipinski definition) is 4. The van der Waals surface area contributed by atoms with E-state index in [1.165, 1.54) is 25.3 Å². The van der Waals surface area contributed by atoms with Crippen LogP contribution in [0.3, 0.4) is 0 Å². The molecule has 0 aliphatic heterocycles. The quantitative estimate of drug-likeness (QED) is 0.245. The minimum atomic E-state index is -1.16. The Morgan fingerprint density at radius 3 is 2.37 bits per heavy atom. The van der Waals surface area contributed by atoms with Gasteiger partial charge in [-0.25, -0.2) is 4.79 Å². The summed E-state index contributed by atoms with van der Waals surface area (Å²) in [5, 5.41) is 9.02. The van der Waals surface area contributed by atoms with Gasteiger partial charge in [-0.1, -0.05) is 41.9 Å². The Labute approximate surface area is 223 Å². The number of amides is 3. The van der Waals surface area contributed by atoms with Gasteiger partial charge in [0.25, 0.3) is 17.7 Å². The summed E-state index contributed by atoms with van der Waals surface area (Å²) >= 11 is 6.32. The number of H-pyrrole nitrogens is 1. The van der Waals surface area contributed by atoms with E-state index in [9.17, 15) is 19.2 Å². The predicted octanol–water partition coefficient (Wildman–Crippen LogP) is 3.45. The van der Waals surface area contributed by atoms with E-state index in [1.54, 1.807) is 30.3 Å². The van der Waals surface area contributed by atoms with Crippen LogP contribution in [-0.2, 0) is 16.1 Å². The number of halogens is 1. The van der Waals surface area contributed by atoms with Crippen LogP contribution in [0, 0.1) is 0 Å². The first-order valence-corrected chi connectivity index (χ1v) is 12.1. The van der Waals surface area contributed by atoms with E-state index >= 15 is 0 Å². The van der Waals surface area contributed by atoms with Gasteiger partial charge in [-0.15, -0.1) is 0 Å². The Bertz CT molecular complexity index is 1490. The molecule has 0 bridgehead atoms. The molecule has 0 unspecified atom stereocenters. The standard InChI is InChI=1S/C28H25ClN4O5/c1-38-28(37)24(16-32-25(34)17-6-3-2-4-7-17)33-27(36)21-11-10-18(14-22(21)29)26(35)31-15-19-8-5-9-23-20(19)12-13-30-23/h2-14,24,30H,15-16H2,1H3,(H,31,35)(H,32,34)(H,33,36)/t24-/m0/s1. The molecule has 4 aromatic rings. The van der Waals surface area contributed by atoms with Gasteiger partial charge in [0.15, 0.2) is 0 Å². The van der Waals surface area contributed by atoms with Gasteiger partial charge in [0.1, 0.15) is 6.04 Å². The molecule has 0 spiro atoms. The summed E-state index contributed by atoms with van der Waals surface area (Å²) in [7, 11) is 1.18. The first-order valence-electron chi connectivity index (χ1n) is 11.7. The van der Waals surface area contributed by atoms with Crippen LogP contribution in [-0.4, -0.2) is 48.4 Å².